The van der Waals surface area contributed by atoms with Crippen LogP contribution in [0.5, 0.6) is 0 Å². The van der Waals surface area contributed by atoms with Crippen molar-refractivity contribution in [1.29, 1.82) is 0 Å². The van der Waals surface area contributed by atoms with E-state index in [1.807, 2.05) is 24.3 Å². The van der Waals surface area contributed by atoms with Crippen molar-refractivity contribution >= 4 is 33.4 Å². The summed E-state index contributed by atoms with van der Waals surface area (Å²) >= 11 is 3.64. The first-order chi connectivity index (χ1) is 15.8. The summed E-state index contributed by atoms with van der Waals surface area (Å²) in [5.74, 6) is -1.07. The molecule has 2 aliphatic rings. The van der Waals surface area contributed by atoms with E-state index < -0.39 is 24.0 Å². The zero-order valence-electron chi connectivity index (χ0n) is 18.7. The number of hydrogen-bond donors (Lipinski definition) is 3. The maximum atomic E-state index is 12.6. The van der Waals surface area contributed by atoms with Crippen LogP contribution in [0.1, 0.15) is 29.5 Å². The van der Waals surface area contributed by atoms with Gasteiger partial charge in [-0.25, -0.2) is 0 Å². The van der Waals surface area contributed by atoms with E-state index >= 15 is 0 Å². The third-order valence-corrected chi connectivity index (χ3v) is 7.23. The van der Waals surface area contributed by atoms with E-state index in [1.165, 1.54) is 16.2 Å². The van der Waals surface area contributed by atoms with Gasteiger partial charge < -0.3 is 25.3 Å². The Morgan fingerprint density at radius 2 is 1.70 bits per heavy atom. The van der Waals surface area contributed by atoms with Gasteiger partial charge >= 0.3 is 0 Å². The van der Waals surface area contributed by atoms with Crippen molar-refractivity contribution in [3.63, 3.8) is 0 Å². The van der Waals surface area contributed by atoms with E-state index in [2.05, 4.69) is 51.3 Å². The molecule has 0 aliphatic carbocycles. The number of nitrogens with one attached hydrogen (secondary N) is 1. The fraction of sp³-hybridized carbons (Fsp3) is 0.440. The number of nitrogens with zero attached hydrogens (tertiary/aromatic N) is 2. The van der Waals surface area contributed by atoms with E-state index in [0.717, 1.165) is 41.5 Å². The van der Waals surface area contributed by atoms with E-state index in [1.54, 1.807) is 0 Å². The van der Waals surface area contributed by atoms with Crippen LogP contribution in [0.25, 0.3) is 0 Å². The fourth-order valence-electron chi connectivity index (χ4n) is 4.55. The van der Waals surface area contributed by atoms with Crippen LogP contribution >= 0.6 is 15.9 Å². The highest BCUT2D eigenvalue weighted by Gasteiger charge is 2.35. The van der Waals surface area contributed by atoms with Crippen molar-refractivity contribution in [3.05, 3.63) is 63.6 Å². The molecule has 2 aliphatic heterocycles. The Morgan fingerprint density at radius 1 is 1.06 bits per heavy atom. The molecule has 7 nitrogen and oxygen atoms in total. The van der Waals surface area contributed by atoms with Crippen molar-refractivity contribution in [3.8, 4) is 0 Å². The minimum atomic E-state index is -1.79. The molecule has 0 spiro atoms. The summed E-state index contributed by atoms with van der Waals surface area (Å²) in [6.45, 7) is 4.97. The highest BCUT2D eigenvalue weighted by Crippen LogP contribution is 2.30. The molecule has 176 valence electrons. The van der Waals surface area contributed by atoms with Crippen LogP contribution in [0.3, 0.4) is 0 Å². The first-order valence-corrected chi connectivity index (χ1v) is 12.1. The predicted octanol–water partition coefficient (Wildman–Crippen LogP) is 2.35. The van der Waals surface area contributed by atoms with Gasteiger partial charge in [-0.3, -0.25) is 9.59 Å². The Balaban J connectivity index is 1.23. The number of carbonyl (C=O) groups excluding carboxylic acids is 2. The number of aliphatic hydroxyl groups is 2. The van der Waals surface area contributed by atoms with Gasteiger partial charge in [0.2, 0.25) is 0 Å². The summed E-state index contributed by atoms with van der Waals surface area (Å²) in [5, 5.41) is 23.3. The molecule has 0 bridgehead atoms. The Morgan fingerprint density at radius 3 is 2.30 bits per heavy atom. The van der Waals surface area contributed by atoms with Gasteiger partial charge in [-0.2, -0.15) is 0 Å². The van der Waals surface area contributed by atoms with Gasteiger partial charge in [-0.1, -0.05) is 30.3 Å². The summed E-state index contributed by atoms with van der Waals surface area (Å²) in [4.78, 5) is 28.8. The smallest absolute Gasteiger partial charge is 0.255 e. The Labute approximate surface area is 202 Å². The summed E-state index contributed by atoms with van der Waals surface area (Å²) in [6, 6.07) is 14.0. The van der Waals surface area contributed by atoms with E-state index in [-0.39, 0.29) is 5.92 Å². The lowest BCUT2D eigenvalue weighted by molar-refractivity contribution is -0.153. The van der Waals surface area contributed by atoms with Gasteiger partial charge in [0.05, 0.1) is 5.69 Å². The first kappa shape index (κ1) is 23.7. The number of anilines is 1. The molecule has 0 aromatic heterocycles. The summed E-state index contributed by atoms with van der Waals surface area (Å²) in [7, 11) is 0. The number of amides is 2. The molecule has 8 heteroatoms. The minimum Gasteiger partial charge on any atom is -0.380 e. The first-order valence-electron chi connectivity index (χ1n) is 11.3. The molecule has 33 heavy (non-hydrogen) atoms. The average Bonchev–Trinajstić information content (AvgIpc) is 3.26. The lowest BCUT2D eigenvalue weighted by Crippen LogP contribution is -2.50. The Hall–Kier alpha value is -2.42. The predicted molar refractivity (Wildman–Crippen MR) is 130 cm³/mol. The van der Waals surface area contributed by atoms with E-state index in [0.29, 0.717) is 19.6 Å². The number of piperidine rings is 1. The molecule has 2 aromatic rings. The Kier molecular flexibility index (Phi) is 7.36. The van der Waals surface area contributed by atoms with Crippen LogP contribution in [-0.4, -0.2) is 58.8 Å². The third kappa shape index (κ3) is 5.39. The van der Waals surface area contributed by atoms with Gasteiger partial charge in [0.1, 0.15) is 0 Å². The molecule has 1 saturated heterocycles. The lowest BCUT2D eigenvalue weighted by atomic mass is 9.96. The number of fused-ring (bicyclic) bond motifs is 1. The summed E-state index contributed by atoms with van der Waals surface area (Å²) in [5.41, 5.74) is 4.41. The van der Waals surface area contributed by atoms with Gasteiger partial charge in [0.15, 0.2) is 12.2 Å². The summed E-state index contributed by atoms with van der Waals surface area (Å²) < 4.78 is 1.08. The quantitative estimate of drug-likeness (QED) is 0.549. The molecule has 2 amide bonds. The van der Waals surface area contributed by atoms with Gasteiger partial charge in [-0.05, 0) is 70.4 Å². The van der Waals surface area contributed by atoms with Crippen LogP contribution in [0.2, 0.25) is 0 Å². The topological polar surface area (TPSA) is 93.1 Å². The molecule has 3 N–H and O–H groups in total. The lowest BCUT2D eigenvalue weighted by Gasteiger charge is -2.34. The van der Waals surface area contributed by atoms with Crippen molar-refractivity contribution in [2.75, 3.05) is 24.5 Å². The summed E-state index contributed by atoms with van der Waals surface area (Å²) in [6.07, 6.45) is -1.75. The maximum absolute atomic E-state index is 12.6. The van der Waals surface area contributed by atoms with E-state index in [9.17, 15) is 19.8 Å². The molecular formula is C25H30BrN3O4. The minimum absolute atomic E-state index is 0.280. The number of hydrogen-bond acceptors (Lipinski definition) is 5. The van der Waals surface area contributed by atoms with Crippen LogP contribution in [0, 0.1) is 12.8 Å². The monoisotopic (exact) mass is 515 g/mol. The number of rotatable bonds is 6. The molecular weight excluding hydrogens is 486 g/mol. The molecule has 1 fully saturated rings. The van der Waals surface area contributed by atoms with Gasteiger partial charge in [-0.15, -0.1) is 0 Å². The molecule has 2 aromatic carbocycles. The average molecular weight is 516 g/mol. The SMILES string of the molecule is Cc1ccc(N2CCC(CNC(=O)[C@H](O)[C@@H](O)C(=O)N3Cc4ccccc4C3)CC2)c(Br)c1. The van der Waals surface area contributed by atoms with E-state index in [4.69, 9.17) is 0 Å². The second kappa shape index (κ2) is 10.2. The molecule has 0 unspecified atom stereocenters. The normalized spacial score (nSPS) is 18.1. The van der Waals surface area contributed by atoms with Crippen LogP contribution < -0.4 is 10.2 Å². The number of aryl methyl sites for hydroxylation is 1. The van der Waals surface area contributed by atoms with Gasteiger partial charge in [0, 0.05) is 37.2 Å². The molecule has 2 atom stereocenters. The highest BCUT2D eigenvalue weighted by molar-refractivity contribution is 9.10. The van der Waals surface area contributed by atoms with Crippen LogP contribution in [0.15, 0.2) is 46.9 Å². The maximum Gasteiger partial charge on any atom is 0.255 e. The fourth-order valence-corrected chi connectivity index (χ4v) is 5.29. The molecule has 0 radical (unpaired) electrons. The number of carbonyl (C=O) groups is 2. The van der Waals surface area contributed by atoms with Crippen LogP contribution in [0.4, 0.5) is 5.69 Å². The number of halogens is 1. The van der Waals surface area contributed by atoms with Crippen LogP contribution in [-0.2, 0) is 22.7 Å². The molecule has 2 heterocycles. The number of aliphatic hydroxyl groups excluding tert-OH is 2. The standard InChI is InChI=1S/C25H30BrN3O4/c1-16-6-7-21(20(26)12-16)28-10-8-17(9-11-28)13-27-24(32)22(30)23(31)25(33)29-14-18-4-2-3-5-19(18)15-29/h2-7,12,17,22-23,30-31H,8-11,13-15H2,1H3,(H,27,32)/t22-,23-/m1/s1. The van der Waals surface area contributed by atoms with Crippen molar-refractivity contribution in [1.82, 2.24) is 10.2 Å². The molecule has 4 rings (SSSR count). The second-order valence-electron chi connectivity index (χ2n) is 8.98. The largest absolute Gasteiger partial charge is 0.380 e. The van der Waals surface area contributed by atoms with Crippen molar-refractivity contribution < 1.29 is 19.8 Å². The van der Waals surface area contributed by atoms with Crippen molar-refractivity contribution in [2.24, 2.45) is 5.92 Å². The van der Waals surface area contributed by atoms with Crippen molar-refractivity contribution in [2.45, 2.75) is 45.1 Å². The second-order valence-corrected chi connectivity index (χ2v) is 9.84. The highest BCUT2D eigenvalue weighted by atomic mass is 79.9. The Bertz CT molecular complexity index is 997. The zero-order chi connectivity index (χ0) is 23.5. The van der Waals surface area contributed by atoms with Gasteiger partial charge in [0.25, 0.3) is 11.8 Å². The zero-order valence-corrected chi connectivity index (χ0v) is 20.3. The molecule has 0 saturated carbocycles. The number of benzene rings is 2. The third-order valence-electron chi connectivity index (χ3n) is 6.60.